The Balaban J connectivity index is 1.62. The summed E-state index contributed by atoms with van der Waals surface area (Å²) in [6.45, 7) is 2.52. The van der Waals surface area contributed by atoms with Gasteiger partial charge in [-0.25, -0.2) is 4.79 Å². The molecule has 0 atom stereocenters. The Morgan fingerprint density at radius 3 is 2.92 bits per heavy atom. The molecule has 0 aliphatic heterocycles. The van der Waals surface area contributed by atoms with Gasteiger partial charge in [-0.3, -0.25) is 4.79 Å². The molecular formula is C17H17N3O4S. The van der Waals surface area contributed by atoms with Gasteiger partial charge in [0.2, 0.25) is 5.91 Å². The van der Waals surface area contributed by atoms with Gasteiger partial charge in [0.1, 0.15) is 5.75 Å². The molecule has 0 radical (unpaired) electrons. The quantitative estimate of drug-likeness (QED) is 0.701. The highest BCUT2D eigenvalue weighted by molar-refractivity contribution is 7.13. The predicted octanol–water partition coefficient (Wildman–Crippen LogP) is 2.99. The highest BCUT2D eigenvalue weighted by atomic mass is 32.1. The van der Waals surface area contributed by atoms with Crippen LogP contribution in [0.25, 0.3) is 10.8 Å². The first kappa shape index (κ1) is 17.0. The Bertz CT molecular complexity index is 899. The summed E-state index contributed by atoms with van der Waals surface area (Å²) in [6.07, 6.45) is 0.0940. The molecule has 1 amide bonds. The average molecular weight is 359 g/mol. The number of para-hydroxylation sites is 2. The van der Waals surface area contributed by atoms with Crippen LogP contribution in [0.1, 0.15) is 13.3 Å². The molecule has 2 heterocycles. The summed E-state index contributed by atoms with van der Waals surface area (Å²) in [6, 6.07) is 10.9. The van der Waals surface area contributed by atoms with Crippen LogP contribution in [-0.4, -0.2) is 22.3 Å². The van der Waals surface area contributed by atoms with E-state index in [-0.39, 0.29) is 24.8 Å². The lowest BCUT2D eigenvalue weighted by atomic mass is 10.2. The number of hydrogen-bond donors (Lipinski definition) is 1. The number of ether oxygens (including phenoxy) is 1. The van der Waals surface area contributed by atoms with Gasteiger partial charge in [-0.1, -0.05) is 18.2 Å². The number of aryl methyl sites for hydroxylation is 1. The van der Waals surface area contributed by atoms with Crippen LogP contribution in [0.5, 0.6) is 5.75 Å². The summed E-state index contributed by atoms with van der Waals surface area (Å²) >= 11 is 1.43. The monoisotopic (exact) mass is 359 g/mol. The standard InChI is InChI=1S/C17H17N3O4S/c1-2-23-13-7-4-3-6-12(13)18-15(21)9-10-20-17(22)24-16(19-20)14-8-5-11-25-14/h3-8,11H,2,9-10H2,1H3,(H,18,21). The van der Waals surface area contributed by atoms with Crippen LogP contribution in [0.15, 0.2) is 51.0 Å². The lowest BCUT2D eigenvalue weighted by molar-refractivity contribution is -0.116. The largest absolute Gasteiger partial charge is 0.492 e. The summed E-state index contributed by atoms with van der Waals surface area (Å²) in [5.74, 6) is 0.0599. The van der Waals surface area contributed by atoms with E-state index in [9.17, 15) is 9.59 Å². The molecule has 0 saturated heterocycles. The summed E-state index contributed by atoms with van der Waals surface area (Å²) in [5.41, 5.74) is 0.598. The zero-order chi connectivity index (χ0) is 17.6. The second kappa shape index (κ2) is 7.80. The van der Waals surface area contributed by atoms with Gasteiger partial charge < -0.3 is 14.5 Å². The van der Waals surface area contributed by atoms with Crippen LogP contribution in [0.3, 0.4) is 0 Å². The van der Waals surface area contributed by atoms with E-state index in [0.717, 1.165) is 9.56 Å². The van der Waals surface area contributed by atoms with Crippen molar-refractivity contribution in [3.63, 3.8) is 0 Å². The molecule has 1 aromatic carbocycles. The number of nitrogens with zero attached hydrogens (tertiary/aromatic N) is 2. The molecule has 0 unspecified atom stereocenters. The van der Waals surface area contributed by atoms with Crippen molar-refractivity contribution in [3.8, 4) is 16.5 Å². The highest BCUT2D eigenvalue weighted by Gasteiger charge is 2.13. The van der Waals surface area contributed by atoms with Gasteiger partial charge in [0.05, 0.1) is 23.7 Å². The molecule has 7 nitrogen and oxygen atoms in total. The smallest absolute Gasteiger partial charge is 0.437 e. The number of hydrogen-bond acceptors (Lipinski definition) is 6. The molecule has 0 saturated carbocycles. The van der Waals surface area contributed by atoms with E-state index in [2.05, 4.69) is 10.4 Å². The number of aromatic nitrogens is 2. The summed E-state index contributed by atoms with van der Waals surface area (Å²) in [5, 5.41) is 8.78. The van der Waals surface area contributed by atoms with Crippen LogP contribution in [0, 0.1) is 0 Å². The predicted molar refractivity (Wildman–Crippen MR) is 94.9 cm³/mol. The van der Waals surface area contributed by atoms with Crippen LogP contribution < -0.4 is 15.8 Å². The molecular weight excluding hydrogens is 342 g/mol. The summed E-state index contributed by atoms with van der Waals surface area (Å²) in [4.78, 5) is 24.8. The molecule has 0 aliphatic rings. The third-order valence-corrected chi connectivity index (χ3v) is 4.21. The van der Waals surface area contributed by atoms with Crippen LogP contribution >= 0.6 is 11.3 Å². The third kappa shape index (κ3) is 4.16. The maximum Gasteiger partial charge on any atom is 0.437 e. The fraction of sp³-hybridized carbons (Fsp3) is 0.235. The van der Waals surface area contributed by atoms with E-state index in [1.807, 2.05) is 36.6 Å². The van der Waals surface area contributed by atoms with Gasteiger partial charge >= 0.3 is 5.76 Å². The minimum atomic E-state index is -0.578. The van der Waals surface area contributed by atoms with Gasteiger partial charge in [-0.05, 0) is 30.5 Å². The molecule has 8 heteroatoms. The van der Waals surface area contributed by atoms with Crippen molar-refractivity contribution in [2.24, 2.45) is 0 Å². The lowest BCUT2D eigenvalue weighted by Crippen LogP contribution is -2.21. The van der Waals surface area contributed by atoms with Gasteiger partial charge in [0, 0.05) is 6.42 Å². The summed E-state index contributed by atoms with van der Waals surface area (Å²) in [7, 11) is 0. The molecule has 2 aromatic heterocycles. The van der Waals surface area contributed by atoms with Crippen LogP contribution in [0.2, 0.25) is 0 Å². The lowest BCUT2D eigenvalue weighted by Gasteiger charge is -2.10. The van der Waals surface area contributed by atoms with E-state index in [4.69, 9.17) is 9.15 Å². The highest BCUT2D eigenvalue weighted by Crippen LogP contribution is 2.24. The molecule has 25 heavy (non-hydrogen) atoms. The van der Waals surface area contributed by atoms with Crippen molar-refractivity contribution < 1.29 is 13.9 Å². The van der Waals surface area contributed by atoms with E-state index in [1.54, 1.807) is 12.1 Å². The van der Waals surface area contributed by atoms with Gasteiger partial charge in [-0.15, -0.1) is 16.4 Å². The third-order valence-electron chi connectivity index (χ3n) is 3.35. The average Bonchev–Trinajstić information content (AvgIpc) is 3.25. The Kier molecular flexibility index (Phi) is 5.30. The number of nitrogens with one attached hydrogen (secondary N) is 1. The van der Waals surface area contributed by atoms with Crippen molar-refractivity contribution in [3.05, 3.63) is 52.3 Å². The fourth-order valence-corrected chi connectivity index (χ4v) is 2.86. The normalized spacial score (nSPS) is 10.6. The minimum absolute atomic E-state index is 0.0940. The molecule has 3 rings (SSSR count). The first-order valence-electron chi connectivity index (χ1n) is 7.81. The van der Waals surface area contributed by atoms with E-state index in [1.165, 1.54) is 11.3 Å². The zero-order valence-corrected chi connectivity index (χ0v) is 14.4. The maximum atomic E-state index is 12.2. The van der Waals surface area contributed by atoms with Gasteiger partial charge in [0.25, 0.3) is 5.89 Å². The Labute approximate surface area is 147 Å². The SMILES string of the molecule is CCOc1ccccc1NC(=O)CCn1nc(-c2cccs2)oc1=O. The number of thiophene rings is 1. The van der Waals surface area contributed by atoms with E-state index in [0.29, 0.717) is 18.0 Å². The molecule has 130 valence electrons. The second-order valence-corrected chi connectivity index (χ2v) is 6.05. The second-order valence-electron chi connectivity index (χ2n) is 5.10. The van der Waals surface area contributed by atoms with E-state index >= 15 is 0 Å². The number of amides is 1. The van der Waals surface area contributed by atoms with Crippen molar-refractivity contribution in [1.82, 2.24) is 9.78 Å². The van der Waals surface area contributed by atoms with Gasteiger partial charge in [-0.2, -0.15) is 4.68 Å². The Hall–Kier alpha value is -2.87. The number of carbonyl (C=O) groups excluding carboxylic acids is 1. The number of benzene rings is 1. The zero-order valence-electron chi connectivity index (χ0n) is 13.6. The number of rotatable bonds is 7. The molecule has 0 bridgehead atoms. The topological polar surface area (TPSA) is 86.4 Å². The Morgan fingerprint density at radius 2 is 2.16 bits per heavy atom. The molecule has 0 spiro atoms. The molecule has 3 aromatic rings. The Morgan fingerprint density at radius 1 is 1.32 bits per heavy atom. The van der Waals surface area contributed by atoms with Crippen molar-refractivity contribution in [2.45, 2.75) is 19.9 Å². The maximum absolute atomic E-state index is 12.2. The number of anilines is 1. The first-order chi connectivity index (χ1) is 12.2. The first-order valence-corrected chi connectivity index (χ1v) is 8.69. The number of carbonyl (C=O) groups is 1. The van der Waals surface area contributed by atoms with Gasteiger partial charge in [0.15, 0.2) is 0 Å². The summed E-state index contributed by atoms with van der Waals surface area (Å²) < 4.78 is 11.7. The molecule has 0 fully saturated rings. The van der Waals surface area contributed by atoms with Crippen LogP contribution in [0.4, 0.5) is 5.69 Å². The fourth-order valence-electron chi connectivity index (χ4n) is 2.22. The van der Waals surface area contributed by atoms with Crippen LogP contribution in [-0.2, 0) is 11.3 Å². The molecule has 1 N–H and O–H groups in total. The van der Waals surface area contributed by atoms with Crippen molar-refractivity contribution >= 4 is 22.9 Å². The van der Waals surface area contributed by atoms with Crippen molar-refractivity contribution in [2.75, 3.05) is 11.9 Å². The van der Waals surface area contributed by atoms with E-state index < -0.39 is 5.76 Å². The minimum Gasteiger partial charge on any atom is -0.492 e. The van der Waals surface area contributed by atoms with Crippen molar-refractivity contribution in [1.29, 1.82) is 0 Å². The molecule has 0 aliphatic carbocycles.